The van der Waals surface area contributed by atoms with Crippen molar-refractivity contribution >= 4 is 11.0 Å². The molecule has 2 nitrogen and oxygen atoms in total. The minimum Gasteiger partial charge on any atom is -0.458 e. The van der Waals surface area contributed by atoms with E-state index < -0.39 is 6.10 Å². The van der Waals surface area contributed by atoms with Crippen LogP contribution in [0.1, 0.15) is 37.2 Å². The fourth-order valence-corrected chi connectivity index (χ4v) is 2.51. The largest absolute Gasteiger partial charge is 0.458 e. The molecule has 2 unspecified atom stereocenters. The Labute approximate surface area is 101 Å². The highest BCUT2D eigenvalue weighted by Gasteiger charge is 2.34. The third-order valence-electron chi connectivity index (χ3n) is 3.92. The summed E-state index contributed by atoms with van der Waals surface area (Å²) in [5, 5.41) is 11.4. The normalized spacial score (nSPS) is 19.5. The van der Waals surface area contributed by atoms with E-state index in [1.54, 1.807) is 0 Å². The number of para-hydroxylation sites is 1. The third-order valence-corrected chi connectivity index (χ3v) is 3.92. The predicted octanol–water partition coefficient (Wildman–Crippen LogP) is 3.82. The highest BCUT2D eigenvalue weighted by Crippen LogP contribution is 2.43. The van der Waals surface area contributed by atoms with Gasteiger partial charge in [-0.1, -0.05) is 25.1 Å². The second-order valence-corrected chi connectivity index (χ2v) is 5.28. The summed E-state index contributed by atoms with van der Waals surface area (Å²) in [6.45, 7) is 4.15. The van der Waals surface area contributed by atoms with E-state index in [1.165, 1.54) is 12.8 Å². The first-order valence-electron chi connectivity index (χ1n) is 6.34. The van der Waals surface area contributed by atoms with Gasteiger partial charge in [0.15, 0.2) is 0 Å². The van der Waals surface area contributed by atoms with E-state index in [4.69, 9.17) is 4.42 Å². The van der Waals surface area contributed by atoms with Crippen LogP contribution in [0.15, 0.2) is 28.7 Å². The molecule has 90 valence electrons. The van der Waals surface area contributed by atoms with Crippen molar-refractivity contribution in [1.29, 1.82) is 0 Å². The molecule has 2 atom stereocenters. The molecule has 17 heavy (non-hydrogen) atoms. The summed E-state index contributed by atoms with van der Waals surface area (Å²) in [6, 6.07) is 8.07. The van der Waals surface area contributed by atoms with E-state index in [0.29, 0.717) is 17.6 Å². The molecule has 0 amide bonds. The lowest BCUT2D eigenvalue weighted by molar-refractivity contribution is 0.0853. The third kappa shape index (κ3) is 1.87. The van der Waals surface area contributed by atoms with Crippen LogP contribution in [0.4, 0.5) is 0 Å². The summed E-state index contributed by atoms with van der Waals surface area (Å²) in [5.41, 5.74) is 2.03. The molecule has 1 fully saturated rings. The number of benzene rings is 1. The summed E-state index contributed by atoms with van der Waals surface area (Å²) in [6.07, 6.45) is 2.03. The zero-order valence-corrected chi connectivity index (χ0v) is 10.3. The van der Waals surface area contributed by atoms with Crippen molar-refractivity contribution in [2.45, 2.75) is 32.8 Å². The van der Waals surface area contributed by atoms with E-state index in [2.05, 4.69) is 6.92 Å². The Kier molecular flexibility index (Phi) is 2.48. The Morgan fingerprint density at radius 2 is 2.12 bits per heavy atom. The van der Waals surface area contributed by atoms with Gasteiger partial charge in [-0.05, 0) is 43.2 Å². The van der Waals surface area contributed by atoms with Gasteiger partial charge < -0.3 is 9.52 Å². The van der Waals surface area contributed by atoms with Crippen molar-refractivity contribution in [2.75, 3.05) is 0 Å². The number of hydrogen-bond acceptors (Lipinski definition) is 2. The second-order valence-electron chi connectivity index (χ2n) is 5.28. The molecular weight excluding hydrogens is 212 g/mol. The molecule has 1 aromatic carbocycles. The molecule has 1 aliphatic rings. The molecule has 0 bridgehead atoms. The number of hydrogen-bond donors (Lipinski definition) is 1. The first kappa shape index (κ1) is 10.8. The van der Waals surface area contributed by atoms with Crippen LogP contribution in [-0.4, -0.2) is 5.11 Å². The molecule has 3 rings (SSSR count). The molecule has 0 saturated heterocycles. The van der Waals surface area contributed by atoms with E-state index in [1.807, 2.05) is 31.2 Å². The fourth-order valence-electron chi connectivity index (χ4n) is 2.51. The Balaban J connectivity index is 1.97. The highest BCUT2D eigenvalue weighted by atomic mass is 16.4. The molecule has 1 heterocycles. The van der Waals surface area contributed by atoms with Crippen molar-refractivity contribution in [3.05, 3.63) is 35.6 Å². The number of fused-ring (bicyclic) bond motifs is 1. The van der Waals surface area contributed by atoms with E-state index in [9.17, 15) is 5.11 Å². The molecule has 1 N–H and O–H groups in total. The van der Waals surface area contributed by atoms with Crippen LogP contribution in [0.5, 0.6) is 0 Å². The lowest BCUT2D eigenvalue weighted by Crippen LogP contribution is -2.10. The molecule has 1 aliphatic carbocycles. The average Bonchev–Trinajstić information content (AvgIpc) is 3.07. The molecule has 2 aromatic rings. The maximum Gasteiger partial charge on any atom is 0.137 e. The zero-order chi connectivity index (χ0) is 12.0. The Hall–Kier alpha value is -1.28. The van der Waals surface area contributed by atoms with Crippen LogP contribution in [0.25, 0.3) is 11.0 Å². The van der Waals surface area contributed by atoms with Gasteiger partial charge in [-0.2, -0.15) is 0 Å². The van der Waals surface area contributed by atoms with Crippen LogP contribution < -0.4 is 0 Å². The number of aryl methyl sites for hydroxylation is 1. The minimum absolute atomic E-state index is 0.302. The Bertz CT molecular complexity index is 537. The summed E-state index contributed by atoms with van der Waals surface area (Å²) < 4.78 is 5.81. The Morgan fingerprint density at radius 1 is 1.35 bits per heavy atom. The first-order chi connectivity index (χ1) is 8.16. The summed E-state index contributed by atoms with van der Waals surface area (Å²) in [4.78, 5) is 0. The second kappa shape index (κ2) is 3.88. The number of rotatable bonds is 3. The van der Waals surface area contributed by atoms with Crippen LogP contribution in [0, 0.1) is 18.8 Å². The molecule has 1 saturated carbocycles. The van der Waals surface area contributed by atoms with Gasteiger partial charge in [0.05, 0.1) is 0 Å². The number of aliphatic hydroxyl groups excluding tert-OH is 1. The lowest BCUT2D eigenvalue weighted by Gasteiger charge is -2.15. The van der Waals surface area contributed by atoms with Gasteiger partial charge in [-0.15, -0.1) is 0 Å². The highest BCUT2D eigenvalue weighted by molar-refractivity contribution is 5.80. The topological polar surface area (TPSA) is 33.4 Å². The van der Waals surface area contributed by atoms with E-state index in [0.717, 1.165) is 16.5 Å². The monoisotopic (exact) mass is 230 g/mol. The van der Waals surface area contributed by atoms with Crippen LogP contribution in [-0.2, 0) is 0 Å². The summed E-state index contributed by atoms with van der Waals surface area (Å²) >= 11 is 0. The number of aliphatic hydroxyl groups is 1. The van der Waals surface area contributed by atoms with Gasteiger partial charge in [0.2, 0.25) is 0 Å². The van der Waals surface area contributed by atoms with Crippen molar-refractivity contribution in [3.63, 3.8) is 0 Å². The molecular formula is C15H18O2. The van der Waals surface area contributed by atoms with Gasteiger partial charge in [0.25, 0.3) is 0 Å². The van der Waals surface area contributed by atoms with Gasteiger partial charge >= 0.3 is 0 Å². The molecule has 0 spiro atoms. The average molecular weight is 230 g/mol. The summed E-state index contributed by atoms with van der Waals surface area (Å²) in [5.74, 6) is 1.70. The van der Waals surface area contributed by atoms with Crippen molar-refractivity contribution in [1.82, 2.24) is 0 Å². The van der Waals surface area contributed by atoms with Gasteiger partial charge in [-0.3, -0.25) is 0 Å². The Morgan fingerprint density at radius 3 is 2.76 bits per heavy atom. The van der Waals surface area contributed by atoms with Crippen LogP contribution in [0.3, 0.4) is 0 Å². The number of furan rings is 1. The van der Waals surface area contributed by atoms with Gasteiger partial charge in [0, 0.05) is 5.39 Å². The van der Waals surface area contributed by atoms with E-state index in [-0.39, 0.29) is 0 Å². The summed E-state index contributed by atoms with van der Waals surface area (Å²) in [7, 11) is 0. The zero-order valence-electron chi connectivity index (χ0n) is 10.3. The van der Waals surface area contributed by atoms with Gasteiger partial charge in [0.1, 0.15) is 17.4 Å². The smallest absolute Gasteiger partial charge is 0.137 e. The SMILES string of the molecule is Cc1cccc2cc(C(O)C(C)C3CC3)oc12. The van der Waals surface area contributed by atoms with Crippen molar-refractivity contribution in [3.8, 4) is 0 Å². The maximum absolute atomic E-state index is 10.3. The molecule has 0 radical (unpaired) electrons. The van der Waals surface area contributed by atoms with E-state index >= 15 is 0 Å². The predicted molar refractivity (Wildman–Crippen MR) is 67.8 cm³/mol. The minimum atomic E-state index is -0.464. The lowest BCUT2D eigenvalue weighted by atomic mass is 9.97. The van der Waals surface area contributed by atoms with Crippen molar-refractivity contribution < 1.29 is 9.52 Å². The standard InChI is InChI=1S/C15H18O2/c1-9-4-3-5-12-8-13(17-15(9)12)14(16)10(2)11-6-7-11/h3-5,8,10-11,14,16H,6-7H2,1-2H3. The van der Waals surface area contributed by atoms with Gasteiger partial charge in [-0.25, -0.2) is 0 Å². The molecule has 1 aromatic heterocycles. The maximum atomic E-state index is 10.3. The fraction of sp³-hybridized carbons (Fsp3) is 0.467. The van der Waals surface area contributed by atoms with Crippen LogP contribution >= 0.6 is 0 Å². The first-order valence-corrected chi connectivity index (χ1v) is 6.34. The van der Waals surface area contributed by atoms with Crippen LogP contribution in [0.2, 0.25) is 0 Å². The van der Waals surface area contributed by atoms with Crippen molar-refractivity contribution in [2.24, 2.45) is 11.8 Å². The molecule has 2 heteroatoms. The quantitative estimate of drug-likeness (QED) is 0.869. The molecule has 0 aliphatic heterocycles.